The van der Waals surface area contributed by atoms with E-state index in [0.717, 1.165) is 9.86 Å². The third-order valence-electron chi connectivity index (χ3n) is 3.05. The van der Waals surface area contributed by atoms with Crippen molar-refractivity contribution in [2.45, 2.75) is 0 Å². The van der Waals surface area contributed by atoms with Crippen molar-refractivity contribution >= 4 is 50.0 Å². The van der Waals surface area contributed by atoms with Gasteiger partial charge in [0, 0.05) is 21.6 Å². The molecule has 1 amide bonds. The van der Waals surface area contributed by atoms with Crippen LogP contribution in [-0.2, 0) is 0 Å². The first-order valence-corrected chi connectivity index (χ1v) is 7.42. The van der Waals surface area contributed by atoms with Crippen molar-refractivity contribution in [1.29, 1.82) is 0 Å². The van der Waals surface area contributed by atoms with Gasteiger partial charge in [-0.25, -0.2) is 0 Å². The molecule has 3 rings (SSSR count). The van der Waals surface area contributed by atoms with E-state index in [9.17, 15) is 4.79 Å². The molecule has 0 saturated heterocycles. The molecule has 3 nitrogen and oxygen atoms in total. The quantitative estimate of drug-likeness (QED) is 0.705. The second kappa shape index (κ2) is 5.84. The normalized spacial score (nSPS) is 10.6. The smallest absolute Gasteiger partial charge is 0.255 e. The molecule has 0 aliphatic heterocycles. The highest BCUT2D eigenvalue weighted by Crippen LogP contribution is 2.28. The lowest BCUT2D eigenvalue weighted by Crippen LogP contribution is -2.12. The zero-order valence-corrected chi connectivity index (χ0v) is 13.1. The second-order valence-electron chi connectivity index (χ2n) is 4.46. The number of benzene rings is 2. The van der Waals surface area contributed by atoms with Gasteiger partial charge in [-0.05, 0) is 42.5 Å². The Kier molecular flexibility index (Phi) is 3.90. The van der Waals surface area contributed by atoms with Gasteiger partial charge in [-0.1, -0.05) is 33.6 Å². The number of carbonyl (C=O) groups excluding carboxylic acids is 1. The van der Waals surface area contributed by atoms with E-state index in [0.29, 0.717) is 21.8 Å². The van der Waals surface area contributed by atoms with Crippen LogP contribution in [0, 0.1) is 0 Å². The van der Waals surface area contributed by atoms with Gasteiger partial charge in [0.25, 0.3) is 5.91 Å². The van der Waals surface area contributed by atoms with Crippen LogP contribution in [0.2, 0.25) is 5.02 Å². The lowest BCUT2D eigenvalue weighted by molar-refractivity contribution is 0.102. The second-order valence-corrected chi connectivity index (χ2v) is 5.78. The number of amides is 1. The molecule has 1 aromatic heterocycles. The zero-order valence-electron chi connectivity index (χ0n) is 10.8. The molecule has 1 N–H and O–H groups in total. The third-order valence-corrected chi connectivity index (χ3v) is 3.87. The number of aromatic nitrogens is 1. The summed E-state index contributed by atoms with van der Waals surface area (Å²) in [6, 6.07) is 14.4. The SMILES string of the molecule is O=C(Nc1ccc(Cl)c2cccnc12)c1cccc(Br)c1. The minimum Gasteiger partial charge on any atom is -0.320 e. The van der Waals surface area contributed by atoms with Gasteiger partial charge in [0.15, 0.2) is 0 Å². The molecule has 0 aliphatic carbocycles. The van der Waals surface area contributed by atoms with Gasteiger partial charge in [0.2, 0.25) is 0 Å². The molecule has 104 valence electrons. The van der Waals surface area contributed by atoms with E-state index < -0.39 is 0 Å². The van der Waals surface area contributed by atoms with Crippen molar-refractivity contribution < 1.29 is 4.79 Å². The highest BCUT2D eigenvalue weighted by Gasteiger charge is 2.10. The van der Waals surface area contributed by atoms with Crippen LogP contribution in [-0.4, -0.2) is 10.9 Å². The van der Waals surface area contributed by atoms with E-state index in [-0.39, 0.29) is 5.91 Å². The average Bonchev–Trinajstić information content (AvgIpc) is 2.50. The molecule has 0 spiro atoms. The third kappa shape index (κ3) is 2.91. The van der Waals surface area contributed by atoms with Crippen molar-refractivity contribution in [2.75, 3.05) is 5.32 Å². The Labute approximate surface area is 135 Å². The molecular weight excluding hydrogens is 352 g/mol. The van der Waals surface area contributed by atoms with Crippen molar-refractivity contribution in [1.82, 2.24) is 4.98 Å². The lowest BCUT2D eigenvalue weighted by atomic mass is 10.1. The van der Waals surface area contributed by atoms with Crippen LogP contribution in [0.3, 0.4) is 0 Å². The van der Waals surface area contributed by atoms with Crippen molar-refractivity contribution in [3.63, 3.8) is 0 Å². The topological polar surface area (TPSA) is 42.0 Å². The maximum absolute atomic E-state index is 12.3. The number of hydrogen-bond donors (Lipinski definition) is 1. The van der Waals surface area contributed by atoms with E-state index in [1.165, 1.54) is 0 Å². The molecule has 1 heterocycles. The molecule has 0 unspecified atom stereocenters. The van der Waals surface area contributed by atoms with Crippen molar-refractivity contribution in [2.24, 2.45) is 0 Å². The number of hydrogen-bond acceptors (Lipinski definition) is 2. The number of pyridine rings is 1. The van der Waals surface area contributed by atoms with Crippen LogP contribution in [0.1, 0.15) is 10.4 Å². The summed E-state index contributed by atoms with van der Waals surface area (Å²) in [5.41, 5.74) is 1.89. The molecular formula is C16H10BrClN2O. The average molecular weight is 362 g/mol. The first kappa shape index (κ1) is 14.0. The predicted octanol–water partition coefficient (Wildman–Crippen LogP) is 4.90. The summed E-state index contributed by atoms with van der Waals surface area (Å²) < 4.78 is 0.856. The summed E-state index contributed by atoms with van der Waals surface area (Å²) in [4.78, 5) is 16.6. The van der Waals surface area contributed by atoms with Gasteiger partial charge in [0.1, 0.15) is 0 Å². The largest absolute Gasteiger partial charge is 0.320 e. The van der Waals surface area contributed by atoms with Crippen molar-refractivity contribution in [3.05, 3.63) is 69.8 Å². The molecule has 0 radical (unpaired) electrons. The first-order chi connectivity index (χ1) is 10.1. The van der Waals surface area contributed by atoms with Crippen LogP contribution >= 0.6 is 27.5 Å². The maximum atomic E-state index is 12.3. The summed E-state index contributed by atoms with van der Waals surface area (Å²) >= 11 is 9.50. The summed E-state index contributed by atoms with van der Waals surface area (Å²) in [7, 11) is 0. The van der Waals surface area contributed by atoms with E-state index in [1.54, 1.807) is 30.5 Å². The van der Waals surface area contributed by atoms with Crippen molar-refractivity contribution in [3.8, 4) is 0 Å². The first-order valence-electron chi connectivity index (χ1n) is 6.25. The number of halogens is 2. The molecule has 5 heteroatoms. The van der Waals surface area contributed by atoms with Crippen LogP contribution in [0.5, 0.6) is 0 Å². The standard InChI is InChI=1S/C16H10BrClN2O/c17-11-4-1-3-10(9-11)16(21)20-14-7-6-13(18)12-5-2-8-19-15(12)14/h1-9H,(H,20,21). The maximum Gasteiger partial charge on any atom is 0.255 e. The Morgan fingerprint density at radius 3 is 2.81 bits per heavy atom. The number of nitrogens with zero attached hydrogens (tertiary/aromatic N) is 1. The Balaban J connectivity index is 1.99. The Bertz CT molecular complexity index is 835. The lowest BCUT2D eigenvalue weighted by Gasteiger charge is -2.09. The molecule has 0 atom stereocenters. The van der Waals surface area contributed by atoms with Gasteiger partial charge >= 0.3 is 0 Å². The van der Waals surface area contributed by atoms with Crippen LogP contribution in [0.15, 0.2) is 59.2 Å². The van der Waals surface area contributed by atoms with Gasteiger partial charge < -0.3 is 5.32 Å². The molecule has 0 saturated carbocycles. The minimum absolute atomic E-state index is 0.189. The van der Waals surface area contributed by atoms with Crippen LogP contribution < -0.4 is 5.32 Å². The van der Waals surface area contributed by atoms with E-state index in [4.69, 9.17) is 11.6 Å². The van der Waals surface area contributed by atoms with Crippen LogP contribution in [0.25, 0.3) is 10.9 Å². The Morgan fingerprint density at radius 1 is 1.14 bits per heavy atom. The van der Waals surface area contributed by atoms with Crippen LogP contribution in [0.4, 0.5) is 5.69 Å². The predicted molar refractivity (Wildman–Crippen MR) is 88.8 cm³/mol. The number of anilines is 1. The number of fused-ring (bicyclic) bond motifs is 1. The Morgan fingerprint density at radius 2 is 2.00 bits per heavy atom. The highest BCUT2D eigenvalue weighted by atomic mass is 79.9. The fourth-order valence-corrected chi connectivity index (χ4v) is 2.68. The molecule has 0 bridgehead atoms. The zero-order chi connectivity index (χ0) is 14.8. The Hall–Kier alpha value is -1.91. The molecule has 0 aliphatic rings. The van der Waals surface area contributed by atoms with E-state index >= 15 is 0 Å². The monoisotopic (exact) mass is 360 g/mol. The summed E-state index contributed by atoms with van der Waals surface area (Å²) in [6.45, 7) is 0. The fourth-order valence-electron chi connectivity index (χ4n) is 2.06. The fraction of sp³-hybridized carbons (Fsp3) is 0. The summed E-state index contributed by atoms with van der Waals surface area (Å²) in [5.74, 6) is -0.189. The number of nitrogens with one attached hydrogen (secondary N) is 1. The number of rotatable bonds is 2. The highest BCUT2D eigenvalue weighted by molar-refractivity contribution is 9.10. The van der Waals surface area contributed by atoms with E-state index in [2.05, 4.69) is 26.2 Å². The molecule has 21 heavy (non-hydrogen) atoms. The molecule has 0 fully saturated rings. The van der Waals surface area contributed by atoms with Gasteiger partial charge in [-0.15, -0.1) is 0 Å². The van der Waals surface area contributed by atoms with Gasteiger partial charge in [-0.2, -0.15) is 0 Å². The van der Waals surface area contributed by atoms with Gasteiger partial charge in [0.05, 0.1) is 16.2 Å². The van der Waals surface area contributed by atoms with Gasteiger partial charge in [-0.3, -0.25) is 9.78 Å². The molecule has 2 aromatic carbocycles. The summed E-state index contributed by atoms with van der Waals surface area (Å²) in [6.07, 6.45) is 1.67. The number of carbonyl (C=O) groups is 1. The van der Waals surface area contributed by atoms with E-state index in [1.807, 2.05) is 24.3 Å². The molecule has 3 aromatic rings. The summed E-state index contributed by atoms with van der Waals surface area (Å²) in [5, 5.41) is 4.30. The minimum atomic E-state index is -0.189.